The lowest BCUT2D eigenvalue weighted by molar-refractivity contribution is -0.138. The van der Waals surface area contributed by atoms with E-state index in [1.165, 1.54) is 12.1 Å². The number of rotatable bonds is 5. The average Bonchev–Trinajstić information content (AvgIpc) is 2.35. The lowest BCUT2D eigenvalue weighted by atomic mass is 10.1. The average molecular weight is 310 g/mol. The fourth-order valence-electron chi connectivity index (χ4n) is 1.80. The van der Waals surface area contributed by atoms with E-state index >= 15 is 0 Å². The lowest BCUT2D eigenvalue weighted by Crippen LogP contribution is -2.48. The Morgan fingerprint density at radius 1 is 1.29 bits per heavy atom. The summed E-state index contributed by atoms with van der Waals surface area (Å²) in [6, 6.07) is 7.87. The van der Waals surface area contributed by atoms with Crippen LogP contribution in [0.2, 0.25) is 0 Å². The van der Waals surface area contributed by atoms with E-state index in [1.807, 2.05) is 6.07 Å². The number of nitriles is 1. The molecule has 6 nitrogen and oxygen atoms in total. The molecule has 21 heavy (non-hydrogen) atoms. The summed E-state index contributed by atoms with van der Waals surface area (Å²) in [7, 11) is -3.92. The molecule has 0 aliphatic heterocycles. The minimum atomic E-state index is -3.92. The molecule has 0 heterocycles. The molecule has 0 saturated carbocycles. The van der Waals surface area contributed by atoms with E-state index in [2.05, 4.69) is 0 Å². The highest BCUT2D eigenvalue weighted by atomic mass is 32.2. The summed E-state index contributed by atoms with van der Waals surface area (Å²) in [5.74, 6) is -1.21. The molecule has 1 N–H and O–H groups in total. The van der Waals surface area contributed by atoms with Gasteiger partial charge < -0.3 is 5.11 Å². The van der Waals surface area contributed by atoms with Crippen molar-refractivity contribution in [1.82, 2.24) is 4.31 Å². The van der Waals surface area contributed by atoms with Gasteiger partial charge in [0.25, 0.3) is 0 Å². The lowest BCUT2D eigenvalue weighted by Gasteiger charge is -2.33. The number of aliphatic carboxylic acids is 1. The van der Waals surface area contributed by atoms with Crippen molar-refractivity contribution in [2.45, 2.75) is 37.6 Å². The van der Waals surface area contributed by atoms with Crippen molar-refractivity contribution in [2.75, 3.05) is 6.54 Å². The number of benzene rings is 1. The van der Waals surface area contributed by atoms with E-state index in [0.717, 1.165) is 4.31 Å². The van der Waals surface area contributed by atoms with Crippen LogP contribution in [0.3, 0.4) is 0 Å². The number of carbonyl (C=O) groups is 1. The summed E-state index contributed by atoms with van der Waals surface area (Å²) in [6.45, 7) is 4.30. The quantitative estimate of drug-likeness (QED) is 0.891. The number of hydrogen-bond donors (Lipinski definition) is 1. The minimum Gasteiger partial charge on any atom is -0.480 e. The van der Waals surface area contributed by atoms with Gasteiger partial charge in [-0.15, -0.1) is 0 Å². The van der Waals surface area contributed by atoms with Gasteiger partial charge in [0.15, 0.2) is 0 Å². The SMILES string of the molecule is CC(C)(C)N(CC(=O)O)S(=O)(=O)c1ccc(CC#N)cc1. The van der Waals surface area contributed by atoms with Crippen LogP contribution < -0.4 is 0 Å². The maximum atomic E-state index is 12.6. The highest BCUT2D eigenvalue weighted by molar-refractivity contribution is 7.89. The number of carboxylic acids is 1. The molecule has 1 rings (SSSR count). The number of sulfonamides is 1. The summed E-state index contributed by atoms with van der Waals surface area (Å²) in [4.78, 5) is 10.9. The molecule has 0 amide bonds. The fraction of sp³-hybridized carbons (Fsp3) is 0.429. The van der Waals surface area contributed by atoms with E-state index in [-0.39, 0.29) is 11.3 Å². The summed E-state index contributed by atoms with van der Waals surface area (Å²) >= 11 is 0. The first-order valence-electron chi connectivity index (χ1n) is 6.29. The second kappa shape index (κ2) is 6.24. The van der Waals surface area contributed by atoms with Crippen LogP contribution >= 0.6 is 0 Å². The predicted octanol–water partition coefficient (Wildman–Crippen LogP) is 1.63. The Labute approximate surface area is 124 Å². The topological polar surface area (TPSA) is 98.5 Å². The third kappa shape index (κ3) is 4.28. The van der Waals surface area contributed by atoms with Gasteiger partial charge in [-0.1, -0.05) is 12.1 Å². The van der Waals surface area contributed by atoms with Crippen LogP contribution in [-0.2, 0) is 21.2 Å². The standard InChI is InChI=1S/C14H18N2O4S/c1-14(2,3)16(10-13(17)18)21(19,20)12-6-4-11(5-7-12)8-9-15/h4-7H,8,10H2,1-3H3,(H,17,18). The van der Waals surface area contributed by atoms with Crippen LogP contribution in [0.5, 0.6) is 0 Å². The smallest absolute Gasteiger partial charge is 0.318 e. The Bertz CT molecular complexity index is 652. The summed E-state index contributed by atoms with van der Waals surface area (Å²) in [5.41, 5.74) is -0.153. The van der Waals surface area contributed by atoms with Gasteiger partial charge in [-0.3, -0.25) is 4.79 Å². The number of carboxylic acid groups (broad SMARTS) is 1. The summed E-state index contributed by atoms with van der Waals surface area (Å²) in [6.07, 6.45) is 0.193. The van der Waals surface area contributed by atoms with Crippen molar-refractivity contribution in [1.29, 1.82) is 5.26 Å². The molecule has 0 spiro atoms. The van der Waals surface area contributed by atoms with Crippen LogP contribution in [0.1, 0.15) is 26.3 Å². The minimum absolute atomic E-state index is 0.0142. The fourth-order valence-corrected chi connectivity index (χ4v) is 3.54. The molecule has 0 bridgehead atoms. The molecule has 0 atom stereocenters. The van der Waals surface area contributed by atoms with Crippen LogP contribution in [0.4, 0.5) is 0 Å². The Balaban J connectivity index is 3.23. The molecular weight excluding hydrogens is 292 g/mol. The second-order valence-electron chi connectivity index (χ2n) is 5.56. The van der Waals surface area contributed by atoms with Crippen LogP contribution in [0.25, 0.3) is 0 Å². The molecule has 7 heteroatoms. The van der Waals surface area contributed by atoms with Crippen molar-refractivity contribution >= 4 is 16.0 Å². The van der Waals surface area contributed by atoms with Gasteiger partial charge in [-0.2, -0.15) is 9.57 Å². The Morgan fingerprint density at radius 3 is 2.19 bits per heavy atom. The predicted molar refractivity (Wildman–Crippen MR) is 77.0 cm³/mol. The summed E-state index contributed by atoms with van der Waals surface area (Å²) < 4.78 is 26.1. The molecule has 0 radical (unpaired) electrons. The zero-order valence-corrected chi connectivity index (χ0v) is 13.0. The second-order valence-corrected chi connectivity index (χ2v) is 7.42. The molecule has 1 aromatic rings. The molecule has 114 valence electrons. The largest absolute Gasteiger partial charge is 0.480 e. The zero-order valence-electron chi connectivity index (χ0n) is 12.2. The third-order valence-electron chi connectivity index (χ3n) is 2.82. The highest BCUT2D eigenvalue weighted by Crippen LogP contribution is 2.24. The molecule has 0 aliphatic rings. The van der Waals surface area contributed by atoms with Gasteiger partial charge in [0, 0.05) is 5.54 Å². The Hall–Kier alpha value is -1.91. The highest BCUT2D eigenvalue weighted by Gasteiger charge is 2.35. The van der Waals surface area contributed by atoms with E-state index in [9.17, 15) is 13.2 Å². The number of hydrogen-bond acceptors (Lipinski definition) is 4. The molecule has 0 aliphatic carbocycles. The van der Waals surface area contributed by atoms with Gasteiger partial charge in [-0.25, -0.2) is 8.42 Å². The molecular formula is C14H18N2O4S. The molecule has 0 unspecified atom stereocenters. The first kappa shape index (κ1) is 17.1. The molecule has 0 aromatic heterocycles. The van der Waals surface area contributed by atoms with Gasteiger partial charge in [0.1, 0.15) is 6.54 Å². The van der Waals surface area contributed by atoms with E-state index in [0.29, 0.717) is 5.56 Å². The van der Waals surface area contributed by atoms with Crippen LogP contribution in [0, 0.1) is 11.3 Å². The van der Waals surface area contributed by atoms with Crippen molar-refractivity contribution in [3.63, 3.8) is 0 Å². The summed E-state index contributed by atoms with van der Waals surface area (Å²) in [5, 5.41) is 17.5. The van der Waals surface area contributed by atoms with Gasteiger partial charge >= 0.3 is 5.97 Å². The van der Waals surface area contributed by atoms with Crippen LogP contribution in [-0.4, -0.2) is 35.9 Å². The van der Waals surface area contributed by atoms with E-state index < -0.39 is 28.1 Å². The molecule has 0 saturated heterocycles. The first-order valence-corrected chi connectivity index (χ1v) is 7.73. The molecule has 1 aromatic carbocycles. The van der Waals surface area contributed by atoms with Crippen molar-refractivity contribution in [3.8, 4) is 6.07 Å². The van der Waals surface area contributed by atoms with Crippen molar-refractivity contribution in [2.24, 2.45) is 0 Å². The van der Waals surface area contributed by atoms with Crippen LogP contribution in [0.15, 0.2) is 29.2 Å². The normalized spacial score (nSPS) is 12.1. The Kier molecular flexibility index (Phi) is 5.10. The van der Waals surface area contributed by atoms with Gasteiger partial charge in [0.2, 0.25) is 10.0 Å². The van der Waals surface area contributed by atoms with E-state index in [4.69, 9.17) is 10.4 Å². The maximum absolute atomic E-state index is 12.6. The van der Waals surface area contributed by atoms with E-state index in [1.54, 1.807) is 32.9 Å². The third-order valence-corrected chi connectivity index (χ3v) is 4.95. The zero-order chi connectivity index (χ0) is 16.3. The van der Waals surface area contributed by atoms with Gasteiger partial charge in [-0.05, 0) is 38.5 Å². The Morgan fingerprint density at radius 2 is 1.81 bits per heavy atom. The molecule has 0 fully saturated rings. The maximum Gasteiger partial charge on any atom is 0.318 e. The van der Waals surface area contributed by atoms with Crippen molar-refractivity contribution < 1.29 is 18.3 Å². The number of nitrogens with zero attached hydrogens (tertiary/aromatic N) is 2. The monoisotopic (exact) mass is 310 g/mol. The first-order chi connectivity index (χ1) is 9.59. The van der Waals surface area contributed by atoms with Crippen molar-refractivity contribution in [3.05, 3.63) is 29.8 Å². The van der Waals surface area contributed by atoms with Gasteiger partial charge in [0.05, 0.1) is 17.4 Å².